The van der Waals surface area contributed by atoms with Crippen molar-refractivity contribution in [3.63, 3.8) is 0 Å². The number of hydrogen-bond donors (Lipinski definition) is 0. The SMILES string of the molecule is Cc1sc2c(-c3cc(C4CCCCC4)c4ccccc4c3)nccc2c1F. The first kappa shape index (κ1) is 16.9. The molecule has 1 aliphatic carbocycles. The Balaban J connectivity index is 1.76. The minimum Gasteiger partial charge on any atom is -0.255 e. The van der Waals surface area contributed by atoms with E-state index in [9.17, 15) is 4.39 Å². The van der Waals surface area contributed by atoms with Crippen LogP contribution in [0.2, 0.25) is 0 Å². The fourth-order valence-corrected chi connectivity index (χ4v) is 5.59. The molecular weight excluding hydrogens is 353 g/mol. The minimum atomic E-state index is -0.105. The van der Waals surface area contributed by atoms with E-state index in [0.29, 0.717) is 11.3 Å². The highest BCUT2D eigenvalue weighted by atomic mass is 32.1. The van der Waals surface area contributed by atoms with E-state index in [1.165, 1.54) is 59.8 Å². The number of halogens is 1. The number of rotatable bonds is 2. The topological polar surface area (TPSA) is 12.9 Å². The van der Waals surface area contributed by atoms with E-state index in [-0.39, 0.29) is 5.82 Å². The van der Waals surface area contributed by atoms with E-state index >= 15 is 0 Å². The van der Waals surface area contributed by atoms with Crippen LogP contribution in [0.5, 0.6) is 0 Å². The number of hydrogen-bond acceptors (Lipinski definition) is 2. The molecule has 1 aliphatic rings. The lowest BCUT2D eigenvalue weighted by Gasteiger charge is -2.24. The Kier molecular flexibility index (Phi) is 4.20. The van der Waals surface area contributed by atoms with Gasteiger partial charge in [0.05, 0.1) is 10.4 Å². The third kappa shape index (κ3) is 2.85. The molecule has 0 radical (unpaired) electrons. The standard InChI is InChI=1S/C24H22FNS/c1-15-22(25)20-11-12-26-23(24(20)27-15)18-13-17-9-5-6-10-19(17)21(14-18)16-7-3-2-4-8-16/h5-6,9-14,16H,2-4,7-8H2,1H3. The maximum Gasteiger partial charge on any atom is 0.144 e. The first-order valence-corrected chi connectivity index (χ1v) is 10.6. The summed E-state index contributed by atoms with van der Waals surface area (Å²) in [6, 6.07) is 15.0. The number of benzene rings is 2. The van der Waals surface area contributed by atoms with Crippen molar-refractivity contribution >= 4 is 32.2 Å². The van der Waals surface area contributed by atoms with Crippen LogP contribution in [0.4, 0.5) is 4.39 Å². The summed E-state index contributed by atoms with van der Waals surface area (Å²) < 4.78 is 15.4. The zero-order valence-corrected chi connectivity index (χ0v) is 16.3. The molecule has 0 N–H and O–H groups in total. The molecule has 0 amide bonds. The van der Waals surface area contributed by atoms with Gasteiger partial charge in [-0.25, -0.2) is 4.39 Å². The molecule has 0 spiro atoms. The monoisotopic (exact) mass is 375 g/mol. The molecule has 4 aromatic rings. The predicted octanol–water partition coefficient (Wildman–Crippen LogP) is 7.61. The number of aryl methyl sites for hydroxylation is 1. The average molecular weight is 376 g/mol. The Bertz CT molecular complexity index is 1140. The lowest BCUT2D eigenvalue weighted by Crippen LogP contribution is -2.05. The number of pyridine rings is 1. The molecule has 0 unspecified atom stereocenters. The molecule has 27 heavy (non-hydrogen) atoms. The van der Waals surface area contributed by atoms with Gasteiger partial charge in [0.2, 0.25) is 0 Å². The van der Waals surface area contributed by atoms with Gasteiger partial charge in [0.15, 0.2) is 0 Å². The molecule has 0 atom stereocenters. The summed E-state index contributed by atoms with van der Waals surface area (Å²) in [4.78, 5) is 5.40. The lowest BCUT2D eigenvalue weighted by atomic mass is 9.81. The van der Waals surface area contributed by atoms with Gasteiger partial charge in [0, 0.05) is 22.0 Å². The summed E-state index contributed by atoms with van der Waals surface area (Å²) in [6.07, 6.45) is 8.24. The predicted molar refractivity (Wildman–Crippen MR) is 113 cm³/mol. The summed E-state index contributed by atoms with van der Waals surface area (Å²) >= 11 is 1.51. The highest BCUT2D eigenvalue weighted by Gasteiger charge is 2.20. The average Bonchev–Trinajstić information content (AvgIpc) is 3.02. The summed E-state index contributed by atoms with van der Waals surface area (Å²) in [7, 11) is 0. The molecule has 2 aromatic carbocycles. The molecule has 1 saturated carbocycles. The molecule has 2 heterocycles. The van der Waals surface area contributed by atoms with E-state index in [0.717, 1.165) is 20.8 Å². The maximum atomic E-state index is 14.5. The molecule has 136 valence electrons. The van der Waals surface area contributed by atoms with Crippen LogP contribution < -0.4 is 0 Å². The van der Waals surface area contributed by atoms with Crippen molar-refractivity contribution in [2.75, 3.05) is 0 Å². The van der Waals surface area contributed by atoms with Crippen LogP contribution >= 0.6 is 11.3 Å². The first-order valence-electron chi connectivity index (χ1n) is 9.79. The highest BCUT2D eigenvalue weighted by molar-refractivity contribution is 7.19. The number of thiophene rings is 1. The van der Waals surface area contributed by atoms with E-state index in [1.54, 1.807) is 12.3 Å². The second-order valence-corrected chi connectivity index (χ2v) is 8.85. The van der Waals surface area contributed by atoms with Crippen molar-refractivity contribution in [3.05, 3.63) is 64.9 Å². The smallest absolute Gasteiger partial charge is 0.144 e. The van der Waals surface area contributed by atoms with Crippen LogP contribution in [-0.2, 0) is 0 Å². The van der Waals surface area contributed by atoms with E-state index in [1.807, 2.05) is 6.92 Å². The zero-order chi connectivity index (χ0) is 18.4. The summed E-state index contributed by atoms with van der Waals surface area (Å²) in [5.74, 6) is 0.511. The van der Waals surface area contributed by atoms with Crippen LogP contribution in [0.15, 0.2) is 48.7 Å². The van der Waals surface area contributed by atoms with Crippen molar-refractivity contribution in [2.45, 2.75) is 44.9 Å². The van der Waals surface area contributed by atoms with Gasteiger partial charge in [-0.15, -0.1) is 11.3 Å². The van der Waals surface area contributed by atoms with Crippen molar-refractivity contribution < 1.29 is 4.39 Å². The molecule has 0 saturated heterocycles. The second kappa shape index (κ2) is 6.72. The van der Waals surface area contributed by atoms with Gasteiger partial charge in [-0.05, 0) is 60.2 Å². The largest absolute Gasteiger partial charge is 0.255 e. The van der Waals surface area contributed by atoms with Gasteiger partial charge in [-0.3, -0.25) is 4.98 Å². The Morgan fingerprint density at radius 2 is 1.81 bits per heavy atom. The quantitative estimate of drug-likeness (QED) is 0.351. The fourth-order valence-electron chi connectivity index (χ4n) is 4.55. The van der Waals surface area contributed by atoms with Crippen LogP contribution in [0.1, 0.15) is 48.5 Å². The molecule has 1 fully saturated rings. The number of nitrogens with zero attached hydrogens (tertiary/aromatic N) is 1. The van der Waals surface area contributed by atoms with Crippen molar-refractivity contribution in [2.24, 2.45) is 0 Å². The number of aromatic nitrogens is 1. The molecule has 0 bridgehead atoms. The first-order chi connectivity index (χ1) is 13.2. The Morgan fingerprint density at radius 3 is 2.67 bits per heavy atom. The zero-order valence-electron chi connectivity index (χ0n) is 15.5. The minimum absolute atomic E-state index is 0.105. The Hall–Kier alpha value is -2.26. The third-order valence-corrected chi connectivity index (χ3v) is 7.02. The van der Waals surface area contributed by atoms with Crippen LogP contribution in [0.25, 0.3) is 32.1 Å². The van der Waals surface area contributed by atoms with E-state index < -0.39 is 0 Å². The van der Waals surface area contributed by atoms with Gasteiger partial charge in [-0.2, -0.15) is 0 Å². The van der Waals surface area contributed by atoms with Crippen LogP contribution in [0.3, 0.4) is 0 Å². The summed E-state index contributed by atoms with van der Waals surface area (Å²) in [5, 5.41) is 3.30. The summed E-state index contributed by atoms with van der Waals surface area (Å²) in [6.45, 7) is 1.84. The van der Waals surface area contributed by atoms with Crippen molar-refractivity contribution in [3.8, 4) is 11.3 Å². The van der Waals surface area contributed by atoms with Crippen molar-refractivity contribution in [1.29, 1.82) is 0 Å². The summed E-state index contributed by atoms with van der Waals surface area (Å²) in [5.41, 5.74) is 3.46. The Morgan fingerprint density at radius 1 is 1.00 bits per heavy atom. The lowest BCUT2D eigenvalue weighted by molar-refractivity contribution is 0.445. The van der Waals surface area contributed by atoms with Gasteiger partial charge >= 0.3 is 0 Å². The van der Waals surface area contributed by atoms with Crippen molar-refractivity contribution in [1.82, 2.24) is 4.98 Å². The van der Waals surface area contributed by atoms with E-state index in [2.05, 4.69) is 41.4 Å². The Labute approximate surface area is 162 Å². The van der Waals surface area contributed by atoms with Gasteiger partial charge < -0.3 is 0 Å². The molecule has 5 rings (SSSR count). The van der Waals surface area contributed by atoms with Gasteiger partial charge in [0.1, 0.15) is 5.82 Å². The second-order valence-electron chi connectivity index (χ2n) is 7.63. The molecule has 2 aromatic heterocycles. The van der Waals surface area contributed by atoms with Gasteiger partial charge in [0.25, 0.3) is 0 Å². The van der Waals surface area contributed by atoms with Crippen LogP contribution in [-0.4, -0.2) is 4.98 Å². The normalized spacial score (nSPS) is 15.6. The third-order valence-electron chi connectivity index (χ3n) is 5.92. The molecule has 1 nitrogen and oxygen atoms in total. The van der Waals surface area contributed by atoms with Crippen LogP contribution in [0, 0.1) is 12.7 Å². The molecule has 3 heteroatoms. The molecule has 0 aliphatic heterocycles. The molecular formula is C24H22FNS. The maximum absolute atomic E-state index is 14.5. The number of fused-ring (bicyclic) bond motifs is 2. The van der Waals surface area contributed by atoms with Gasteiger partial charge in [-0.1, -0.05) is 43.5 Å². The highest BCUT2D eigenvalue weighted by Crippen LogP contribution is 2.41. The fraction of sp³-hybridized carbons (Fsp3) is 0.292. The van der Waals surface area contributed by atoms with E-state index in [4.69, 9.17) is 0 Å².